The molecule has 3 rings (SSSR count). The maximum atomic E-state index is 13.0. The summed E-state index contributed by atoms with van der Waals surface area (Å²) in [7, 11) is 0. The zero-order valence-electron chi connectivity index (χ0n) is 13.9. The molecule has 1 aromatic carbocycles. The van der Waals surface area contributed by atoms with Crippen LogP contribution in [0.25, 0.3) is 0 Å². The van der Waals surface area contributed by atoms with Crippen LogP contribution >= 0.6 is 0 Å². The maximum Gasteiger partial charge on any atom is 0.166 e. The molecule has 0 radical (unpaired) electrons. The van der Waals surface area contributed by atoms with E-state index in [9.17, 15) is 4.79 Å². The Balaban J connectivity index is 1.89. The molecule has 0 saturated heterocycles. The first-order valence-corrected chi connectivity index (χ1v) is 8.68. The van der Waals surface area contributed by atoms with E-state index < -0.39 is 0 Å². The number of rotatable bonds is 4. The smallest absolute Gasteiger partial charge is 0.166 e. The number of fused-ring (bicyclic) bond motifs is 1. The SMILES string of the molecule is CC(C)c1ccc(C(=O)C2C3CCCCC32)c(C(C)C)c1. The van der Waals surface area contributed by atoms with Gasteiger partial charge in [0.05, 0.1) is 0 Å². The highest BCUT2D eigenvalue weighted by molar-refractivity contribution is 6.01. The highest BCUT2D eigenvalue weighted by Crippen LogP contribution is 2.56. The van der Waals surface area contributed by atoms with Gasteiger partial charge in [0.15, 0.2) is 5.78 Å². The molecule has 2 aliphatic carbocycles. The van der Waals surface area contributed by atoms with Crippen LogP contribution in [0.1, 0.15) is 86.7 Å². The summed E-state index contributed by atoms with van der Waals surface area (Å²) in [6, 6.07) is 6.54. The van der Waals surface area contributed by atoms with Gasteiger partial charge in [0.2, 0.25) is 0 Å². The Morgan fingerprint density at radius 3 is 2.14 bits per heavy atom. The first kappa shape index (κ1) is 14.8. The molecule has 21 heavy (non-hydrogen) atoms. The Labute approximate surface area is 129 Å². The number of benzene rings is 1. The van der Waals surface area contributed by atoms with Crippen LogP contribution in [-0.4, -0.2) is 5.78 Å². The first-order chi connectivity index (χ1) is 10.0. The van der Waals surface area contributed by atoms with Gasteiger partial charge in [-0.25, -0.2) is 0 Å². The third-order valence-corrected chi connectivity index (χ3v) is 5.59. The van der Waals surface area contributed by atoms with Gasteiger partial charge in [0.25, 0.3) is 0 Å². The van der Waals surface area contributed by atoms with Gasteiger partial charge in [-0.2, -0.15) is 0 Å². The van der Waals surface area contributed by atoms with Gasteiger partial charge >= 0.3 is 0 Å². The molecule has 114 valence electrons. The van der Waals surface area contributed by atoms with Gasteiger partial charge in [-0.3, -0.25) is 4.79 Å². The van der Waals surface area contributed by atoms with Gasteiger partial charge in [-0.15, -0.1) is 0 Å². The summed E-state index contributed by atoms with van der Waals surface area (Å²) in [6.45, 7) is 8.85. The monoisotopic (exact) mass is 284 g/mol. The number of ketones is 1. The minimum absolute atomic E-state index is 0.342. The fourth-order valence-corrected chi connectivity index (χ4v) is 4.20. The van der Waals surface area contributed by atoms with Crippen LogP contribution in [0.3, 0.4) is 0 Å². The summed E-state index contributed by atoms with van der Waals surface area (Å²) in [5.41, 5.74) is 3.62. The van der Waals surface area contributed by atoms with Gasteiger partial charge in [0, 0.05) is 11.5 Å². The predicted molar refractivity (Wildman–Crippen MR) is 87.9 cm³/mol. The summed E-state index contributed by atoms with van der Waals surface area (Å²) < 4.78 is 0. The molecule has 0 heterocycles. The Morgan fingerprint density at radius 1 is 1.00 bits per heavy atom. The highest BCUT2D eigenvalue weighted by Gasteiger charge is 2.54. The fourth-order valence-electron chi connectivity index (χ4n) is 4.20. The van der Waals surface area contributed by atoms with Crippen LogP contribution in [0.2, 0.25) is 0 Å². The molecule has 0 amide bonds. The third kappa shape index (κ3) is 2.67. The number of hydrogen-bond acceptors (Lipinski definition) is 1. The lowest BCUT2D eigenvalue weighted by Crippen LogP contribution is -2.10. The Morgan fingerprint density at radius 2 is 1.62 bits per heavy atom. The number of hydrogen-bond donors (Lipinski definition) is 0. The fraction of sp³-hybridized carbons (Fsp3) is 0.650. The lowest BCUT2D eigenvalue weighted by atomic mass is 9.88. The minimum Gasteiger partial charge on any atom is -0.294 e. The molecule has 0 aliphatic heterocycles. The van der Waals surface area contributed by atoms with Crippen molar-refractivity contribution in [2.45, 2.75) is 65.2 Å². The average molecular weight is 284 g/mol. The summed E-state index contributed by atoms with van der Waals surface area (Å²) >= 11 is 0. The normalized spacial score (nSPS) is 27.8. The molecule has 2 saturated carbocycles. The van der Waals surface area contributed by atoms with Crippen molar-refractivity contribution < 1.29 is 4.79 Å². The lowest BCUT2D eigenvalue weighted by molar-refractivity contribution is 0.0955. The zero-order valence-corrected chi connectivity index (χ0v) is 13.9. The van der Waals surface area contributed by atoms with Crippen LogP contribution in [-0.2, 0) is 0 Å². The van der Waals surface area contributed by atoms with Crippen molar-refractivity contribution in [1.29, 1.82) is 0 Å². The van der Waals surface area contributed by atoms with E-state index in [0.717, 1.165) is 5.56 Å². The first-order valence-electron chi connectivity index (χ1n) is 8.68. The van der Waals surface area contributed by atoms with Crippen LogP contribution in [0.15, 0.2) is 18.2 Å². The van der Waals surface area contributed by atoms with Crippen molar-refractivity contribution in [3.05, 3.63) is 34.9 Å². The van der Waals surface area contributed by atoms with Crippen molar-refractivity contribution in [2.24, 2.45) is 17.8 Å². The molecule has 2 atom stereocenters. The van der Waals surface area contributed by atoms with E-state index >= 15 is 0 Å². The van der Waals surface area contributed by atoms with E-state index in [2.05, 4.69) is 45.9 Å². The Bertz CT molecular complexity index is 529. The van der Waals surface area contributed by atoms with Crippen molar-refractivity contribution in [2.75, 3.05) is 0 Å². The standard InChI is InChI=1S/C20H28O/c1-12(2)14-9-10-17(18(11-14)13(3)4)20(21)19-15-7-5-6-8-16(15)19/h9-13,15-16,19H,5-8H2,1-4H3. The quantitative estimate of drug-likeness (QED) is 0.662. The second-order valence-electron chi connectivity index (χ2n) is 7.66. The van der Waals surface area contributed by atoms with E-state index in [1.54, 1.807) is 0 Å². The van der Waals surface area contributed by atoms with E-state index in [4.69, 9.17) is 0 Å². The van der Waals surface area contributed by atoms with Crippen molar-refractivity contribution in [1.82, 2.24) is 0 Å². The summed E-state index contributed by atoms with van der Waals surface area (Å²) in [4.78, 5) is 13.0. The molecule has 0 N–H and O–H groups in total. The van der Waals surface area contributed by atoms with Crippen molar-refractivity contribution in [3.8, 4) is 0 Å². The third-order valence-electron chi connectivity index (χ3n) is 5.59. The molecule has 0 spiro atoms. The van der Waals surface area contributed by atoms with Gasteiger partial charge in [-0.05, 0) is 47.6 Å². The molecule has 1 nitrogen and oxygen atoms in total. The molecule has 1 heteroatoms. The van der Waals surface area contributed by atoms with Gasteiger partial charge < -0.3 is 0 Å². The lowest BCUT2D eigenvalue weighted by Gasteiger charge is -2.16. The second kappa shape index (κ2) is 5.59. The van der Waals surface area contributed by atoms with Crippen molar-refractivity contribution in [3.63, 3.8) is 0 Å². The van der Waals surface area contributed by atoms with Gasteiger partial charge in [-0.1, -0.05) is 58.7 Å². The maximum absolute atomic E-state index is 13.0. The zero-order chi connectivity index (χ0) is 15.1. The van der Waals surface area contributed by atoms with Gasteiger partial charge in [0.1, 0.15) is 0 Å². The average Bonchev–Trinajstić information content (AvgIpc) is 3.20. The molecular weight excluding hydrogens is 256 g/mol. The Hall–Kier alpha value is -1.11. The molecule has 0 aromatic heterocycles. The molecule has 1 aromatic rings. The van der Waals surface area contributed by atoms with Crippen molar-refractivity contribution >= 4 is 5.78 Å². The Kier molecular flexibility index (Phi) is 3.94. The number of carbonyl (C=O) groups excluding carboxylic acids is 1. The largest absolute Gasteiger partial charge is 0.294 e. The number of carbonyl (C=O) groups is 1. The van der Waals surface area contributed by atoms with E-state index in [0.29, 0.717) is 35.4 Å². The molecule has 0 bridgehead atoms. The van der Waals surface area contributed by atoms with E-state index in [1.807, 2.05) is 0 Å². The number of Topliss-reactive ketones (excluding diaryl/α,β-unsaturated/α-hetero) is 1. The predicted octanol–water partition coefficient (Wildman–Crippen LogP) is 5.55. The summed E-state index contributed by atoms with van der Waals surface area (Å²) in [5, 5.41) is 0. The summed E-state index contributed by atoms with van der Waals surface area (Å²) in [6.07, 6.45) is 5.22. The van der Waals surface area contributed by atoms with Crippen LogP contribution < -0.4 is 0 Å². The summed E-state index contributed by atoms with van der Waals surface area (Å²) in [5.74, 6) is 3.13. The molecular formula is C20H28O. The molecule has 2 unspecified atom stereocenters. The minimum atomic E-state index is 0.342. The molecule has 2 aliphatic rings. The van der Waals surface area contributed by atoms with E-state index in [-0.39, 0.29) is 0 Å². The topological polar surface area (TPSA) is 17.1 Å². The van der Waals surface area contributed by atoms with E-state index in [1.165, 1.54) is 36.8 Å². The molecule has 2 fully saturated rings. The highest BCUT2D eigenvalue weighted by atomic mass is 16.1. The van der Waals surface area contributed by atoms with Crippen LogP contribution in [0.4, 0.5) is 0 Å². The second-order valence-corrected chi connectivity index (χ2v) is 7.66. The van der Waals surface area contributed by atoms with Crippen LogP contribution in [0.5, 0.6) is 0 Å². The van der Waals surface area contributed by atoms with Crippen LogP contribution in [0, 0.1) is 17.8 Å².